The third kappa shape index (κ3) is 7.11. The van der Waals surface area contributed by atoms with E-state index in [1.54, 1.807) is 0 Å². The van der Waals surface area contributed by atoms with Crippen LogP contribution in [0.4, 0.5) is 42.9 Å². The molecular weight excluding hydrogens is 835 g/mol. The number of rotatable bonds is 10. The monoisotopic (exact) mass is 906 g/mol. The predicted octanol–water partition coefficient (Wildman–Crippen LogP) is 18.5. The second kappa shape index (κ2) is 17.2. The molecule has 322 valence electrons. The Kier molecular flexibility index (Phi) is 5.14. The highest BCUT2D eigenvalue weighted by Crippen LogP contribution is 2.51. The molecule has 12 aromatic carbocycles. The number of anilines is 6. The van der Waals surface area contributed by atoms with Gasteiger partial charge in [0.25, 0.3) is 0 Å². The van der Waals surface area contributed by atoms with E-state index in [0.29, 0.717) is 16.8 Å². The Hall–Kier alpha value is -8.86. The van der Waals surface area contributed by atoms with Crippen molar-refractivity contribution in [3.63, 3.8) is 0 Å². The molecule has 0 amide bonds. The van der Waals surface area contributed by atoms with Crippen LogP contribution < -0.4 is 9.80 Å². The minimum atomic E-state index is -1.47. The van der Waals surface area contributed by atoms with E-state index in [4.69, 9.17) is 28.8 Å². The van der Waals surface area contributed by atoms with Crippen LogP contribution in [0.5, 0.6) is 0 Å². The first kappa shape index (κ1) is 20.3. The van der Waals surface area contributed by atoms with E-state index in [0.717, 1.165) is 34.1 Å². The van der Waals surface area contributed by atoms with Crippen LogP contribution in [0.15, 0.2) is 254 Å². The molecule has 12 aromatic rings. The van der Waals surface area contributed by atoms with Crippen molar-refractivity contribution in [3.8, 4) is 44.5 Å². The number of benzene rings is 12. The smallest absolute Gasteiger partial charge is 0.148 e. The van der Waals surface area contributed by atoms with Gasteiger partial charge in [0.05, 0.1) is 62.5 Å². The fourth-order valence-corrected chi connectivity index (χ4v) is 8.49. The molecule has 0 radical (unpaired) electrons. The van der Waals surface area contributed by atoms with E-state index in [1.165, 1.54) is 48.5 Å². The summed E-state index contributed by atoms with van der Waals surface area (Å²) >= 11 is 0. The highest BCUT2D eigenvalue weighted by atomic mass is 19.1. The zero-order valence-electron chi connectivity index (χ0n) is 63.7. The largest absolute Gasteiger partial charge is 0.307 e. The van der Waals surface area contributed by atoms with Gasteiger partial charge in [0.2, 0.25) is 0 Å². The van der Waals surface area contributed by atoms with Gasteiger partial charge in [-0.1, -0.05) is 194 Å². The summed E-state index contributed by atoms with van der Waals surface area (Å²) in [5, 5.41) is 1.04. The summed E-state index contributed by atoms with van der Waals surface area (Å²) in [6.07, 6.45) is 0. The van der Waals surface area contributed by atoms with Gasteiger partial charge in [-0.15, -0.1) is 0 Å². The van der Waals surface area contributed by atoms with Crippen LogP contribution in [0.1, 0.15) is 39.8 Å². The first-order valence-corrected chi connectivity index (χ1v) is 20.5. The maximum Gasteiger partial charge on any atom is 0.148 e. The molecule has 2 nitrogen and oxygen atoms in total. The molecule has 12 rings (SSSR count). The quantitative estimate of drug-likeness (QED) is 0.126. The van der Waals surface area contributed by atoms with Crippen LogP contribution >= 0.6 is 0 Å². The number of para-hydroxylation sites is 2. The Bertz CT molecular complexity index is 5380. The SMILES string of the molecule is [2H]c1cc([2H])c(N(c2c(F)cc(-c3c([2H])c([2H])c([2H])c([2H])c3[2H])cc2-c2c([2H])c([2H])c([2H])c([2H])c2[2H])c2ccc3ccc4c(N(c5c(F)cc(-c6c([2H])c([2H])c([2H])c([2H])c6[2H])cc5-c5c([2H])c([2H])c([2H])c([2H])c5[2H])c5c([2H])c([2H])c([2H])c([2H])c5[2H])ccc5ccc2c3c54)c([2H])c1[2H]. The van der Waals surface area contributed by atoms with Crippen molar-refractivity contribution in [2.45, 2.75) is 0 Å². The summed E-state index contributed by atoms with van der Waals surface area (Å²) in [5.41, 5.74) is -8.58. The van der Waals surface area contributed by atoms with Gasteiger partial charge in [0, 0.05) is 33.3 Å². The van der Waals surface area contributed by atoms with E-state index in [1.807, 2.05) is 0 Å². The van der Waals surface area contributed by atoms with Crippen LogP contribution in [-0.4, -0.2) is 0 Å². The summed E-state index contributed by atoms with van der Waals surface area (Å²) in [5.74, 6) is -2.90. The van der Waals surface area contributed by atoms with Gasteiger partial charge in [-0.2, -0.15) is 0 Å². The molecule has 68 heavy (non-hydrogen) atoms. The summed E-state index contributed by atoms with van der Waals surface area (Å²) in [6.45, 7) is 0. The predicted molar refractivity (Wildman–Crippen MR) is 281 cm³/mol. The Labute approximate surface area is 435 Å². The van der Waals surface area contributed by atoms with Gasteiger partial charge >= 0.3 is 0 Å². The van der Waals surface area contributed by atoms with Crippen LogP contribution in [-0.2, 0) is 0 Å². The lowest BCUT2D eigenvalue weighted by Gasteiger charge is -2.31. The fourth-order valence-electron chi connectivity index (χ4n) is 8.49. The zero-order valence-corrected chi connectivity index (χ0v) is 34.7. The lowest BCUT2D eigenvalue weighted by Crippen LogP contribution is -2.14. The first-order valence-electron chi connectivity index (χ1n) is 35.0. The van der Waals surface area contributed by atoms with Gasteiger partial charge in [-0.25, -0.2) is 8.78 Å². The highest BCUT2D eigenvalue weighted by Gasteiger charge is 2.28. The molecule has 0 spiro atoms. The molecule has 4 heteroatoms. The van der Waals surface area contributed by atoms with Crippen molar-refractivity contribution in [3.05, 3.63) is 266 Å². The van der Waals surface area contributed by atoms with Crippen molar-refractivity contribution in [1.29, 1.82) is 0 Å². The zero-order chi connectivity index (χ0) is 70.8. The minimum Gasteiger partial charge on any atom is -0.307 e. The van der Waals surface area contributed by atoms with Crippen molar-refractivity contribution < 1.29 is 48.5 Å². The number of nitrogens with zero attached hydrogens (tertiary/aromatic N) is 2. The molecule has 0 N–H and O–H groups in total. The van der Waals surface area contributed by atoms with E-state index in [2.05, 4.69) is 0 Å². The second-order valence-corrected chi connectivity index (χ2v) is 15.0. The average Bonchev–Trinajstić information content (AvgIpc) is 0.715. The van der Waals surface area contributed by atoms with E-state index < -0.39 is 254 Å². The first-order chi connectivity index (χ1) is 45.6. The minimum absolute atomic E-state index is 0.00977. The van der Waals surface area contributed by atoms with Crippen molar-refractivity contribution in [2.24, 2.45) is 0 Å². The van der Waals surface area contributed by atoms with Crippen LogP contribution in [0.2, 0.25) is 0 Å². The fraction of sp³-hybridized carbons (Fsp3) is 0. The third-order valence-electron chi connectivity index (χ3n) is 11.3. The maximum absolute atomic E-state index is 18.6. The molecule has 0 bridgehead atoms. The van der Waals surface area contributed by atoms with Gasteiger partial charge < -0.3 is 9.80 Å². The lowest BCUT2D eigenvalue weighted by molar-refractivity contribution is 0.629. The van der Waals surface area contributed by atoms with Crippen LogP contribution in [0, 0.1) is 11.6 Å². The Morgan fingerprint density at radius 3 is 1.10 bits per heavy atom. The van der Waals surface area contributed by atoms with E-state index in [9.17, 15) is 11.0 Å². The molecule has 0 aliphatic heterocycles. The van der Waals surface area contributed by atoms with Gasteiger partial charge in [0.15, 0.2) is 0 Å². The van der Waals surface area contributed by atoms with E-state index in [-0.39, 0.29) is 32.9 Å². The molecule has 0 saturated carbocycles. The molecular formula is C64H42F2N2. The van der Waals surface area contributed by atoms with Crippen LogP contribution in [0.3, 0.4) is 0 Å². The van der Waals surface area contributed by atoms with Gasteiger partial charge in [-0.05, 0) is 115 Å². The second-order valence-electron chi connectivity index (χ2n) is 15.0. The molecule has 0 aliphatic carbocycles. The summed E-state index contributed by atoms with van der Waals surface area (Å²) in [7, 11) is 0. The molecule has 0 heterocycles. The van der Waals surface area contributed by atoms with Crippen molar-refractivity contribution in [1.82, 2.24) is 0 Å². The lowest BCUT2D eigenvalue weighted by atomic mass is 9.90. The highest BCUT2D eigenvalue weighted by molar-refractivity contribution is 6.28. The van der Waals surface area contributed by atoms with E-state index >= 15 is 8.78 Å². The molecule has 0 fully saturated rings. The molecule has 0 aliphatic rings. The molecule has 0 unspecified atom stereocenters. The standard InChI is InChI=1S/C64H42F2N2/c65-57-41-49(43-19-7-1-8-20-43)39-55(45-23-11-3-12-24-45)63(57)67(51-27-15-5-16-28-51)59-37-33-47-32-36-54-60(38-34-48-31-35-53(59)61(47)62(48)54)68(52-29-17-6-18-30-52)64-56(46-25-13-4-14-26-46)40-50(42-58(64)66)44-21-9-2-10-22-44/h1-42H/i1D,2D,3D,4D,5D,6D,7D,8D,9D,10D,11D,12D,13D,14D,15D,16D,17D,19D,20D,21D,22D,23D,24D,25D,26D,27D,28D,29D,30D. The summed E-state index contributed by atoms with van der Waals surface area (Å²) in [6, 6.07) is -9.59. The number of hydrogen-bond donors (Lipinski definition) is 0. The molecule has 0 aromatic heterocycles. The average molecular weight is 906 g/mol. The number of halogens is 2. The summed E-state index contributed by atoms with van der Waals surface area (Å²) in [4.78, 5) is 1.79. The van der Waals surface area contributed by atoms with Crippen molar-refractivity contribution in [2.75, 3.05) is 9.80 Å². The Balaban J connectivity index is 1.24. The van der Waals surface area contributed by atoms with Crippen molar-refractivity contribution >= 4 is 66.4 Å². The summed E-state index contributed by atoms with van der Waals surface area (Å²) < 4.78 is 294. The number of hydrogen-bond acceptors (Lipinski definition) is 2. The Morgan fingerprint density at radius 1 is 0.324 bits per heavy atom. The van der Waals surface area contributed by atoms with Gasteiger partial charge in [-0.3, -0.25) is 0 Å². The maximum atomic E-state index is 18.6. The van der Waals surface area contributed by atoms with Gasteiger partial charge in [0.1, 0.15) is 11.6 Å². The normalized spacial score (nSPS) is 17.4. The Morgan fingerprint density at radius 2 is 0.676 bits per heavy atom. The van der Waals surface area contributed by atoms with Crippen LogP contribution in [0.25, 0.3) is 76.8 Å². The topological polar surface area (TPSA) is 6.48 Å². The molecule has 0 saturated heterocycles. The molecule has 0 atom stereocenters. The third-order valence-corrected chi connectivity index (χ3v) is 11.3.